The van der Waals surface area contributed by atoms with Crippen LogP contribution in [-0.4, -0.2) is 17.1 Å². The zero-order valence-corrected chi connectivity index (χ0v) is 15.6. The van der Waals surface area contributed by atoms with Gasteiger partial charge in [-0.15, -0.1) is 0 Å². The SMILES string of the molecule is CCCCCC1CCC(c2cnc(-c3ccc(OC)cc3)nc2)CC1. The first-order chi connectivity index (χ1) is 12.3. The predicted molar refractivity (Wildman–Crippen MR) is 103 cm³/mol. The number of hydrogen-bond donors (Lipinski definition) is 0. The Morgan fingerprint density at radius 2 is 1.64 bits per heavy atom. The third-order valence-corrected chi connectivity index (χ3v) is 5.55. The van der Waals surface area contributed by atoms with Crippen LogP contribution in [0.3, 0.4) is 0 Å². The summed E-state index contributed by atoms with van der Waals surface area (Å²) in [5.41, 5.74) is 2.34. The fourth-order valence-electron chi connectivity index (χ4n) is 3.91. The Morgan fingerprint density at radius 3 is 2.24 bits per heavy atom. The van der Waals surface area contributed by atoms with Gasteiger partial charge in [-0.1, -0.05) is 32.6 Å². The Labute approximate surface area is 151 Å². The predicted octanol–water partition coefficient (Wildman–Crippen LogP) is 6.01. The maximum Gasteiger partial charge on any atom is 0.159 e. The van der Waals surface area contributed by atoms with E-state index >= 15 is 0 Å². The van der Waals surface area contributed by atoms with Crippen molar-refractivity contribution in [3.63, 3.8) is 0 Å². The van der Waals surface area contributed by atoms with Crippen LogP contribution in [0.2, 0.25) is 0 Å². The Balaban J connectivity index is 1.56. The maximum absolute atomic E-state index is 5.20. The average molecular weight is 338 g/mol. The number of aromatic nitrogens is 2. The maximum atomic E-state index is 5.20. The van der Waals surface area contributed by atoms with E-state index < -0.39 is 0 Å². The summed E-state index contributed by atoms with van der Waals surface area (Å²) in [4.78, 5) is 9.21. The van der Waals surface area contributed by atoms with Crippen LogP contribution in [0, 0.1) is 5.92 Å². The molecule has 0 atom stereocenters. The van der Waals surface area contributed by atoms with E-state index in [2.05, 4.69) is 16.9 Å². The van der Waals surface area contributed by atoms with Gasteiger partial charge in [0.2, 0.25) is 0 Å². The van der Waals surface area contributed by atoms with Gasteiger partial charge in [-0.3, -0.25) is 0 Å². The molecule has 3 nitrogen and oxygen atoms in total. The second-order valence-electron chi connectivity index (χ2n) is 7.28. The van der Waals surface area contributed by atoms with Gasteiger partial charge in [0.25, 0.3) is 0 Å². The van der Waals surface area contributed by atoms with Crippen LogP contribution in [0.15, 0.2) is 36.7 Å². The van der Waals surface area contributed by atoms with E-state index in [0.717, 1.165) is 23.1 Å². The van der Waals surface area contributed by atoms with Gasteiger partial charge in [0, 0.05) is 18.0 Å². The highest BCUT2D eigenvalue weighted by Gasteiger charge is 2.22. The van der Waals surface area contributed by atoms with Gasteiger partial charge in [-0.05, 0) is 67.3 Å². The molecule has 1 aliphatic rings. The first-order valence-electron chi connectivity index (χ1n) is 9.76. The highest BCUT2D eigenvalue weighted by molar-refractivity contribution is 5.55. The fraction of sp³-hybridized carbons (Fsp3) is 0.545. The Kier molecular flexibility index (Phi) is 6.43. The zero-order valence-electron chi connectivity index (χ0n) is 15.6. The van der Waals surface area contributed by atoms with E-state index in [0.29, 0.717) is 5.92 Å². The van der Waals surface area contributed by atoms with Crippen LogP contribution in [0.1, 0.15) is 69.8 Å². The molecular formula is C22H30N2O. The number of unbranched alkanes of at least 4 members (excludes halogenated alkanes) is 2. The lowest BCUT2D eigenvalue weighted by Gasteiger charge is -2.28. The molecule has 1 aromatic carbocycles. The van der Waals surface area contributed by atoms with Crippen LogP contribution >= 0.6 is 0 Å². The fourth-order valence-corrected chi connectivity index (χ4v) is 3.91. The second-order valence-corrected chi connectivity index (χ2v) is 7.28. The highest BCUT2D eigenvalue weighted by atomic mass is 16.5. The van der Waals surface area contributed by atoms with E-state index in [1.165, 1.54) is 56.9 Å². The lowest BCUT2D eigenvalue weighted by Crippen LogP contribution is -2.14. The zero-order chi connectivity index (χ0) is 17.5. The van der Waals surface area contributed by atoms with Gasteiger partial charge < -0.3 is 4.74 Å². The number of ether oxygens (including phenoxy) is 1. The van der Waals surface area contributed by atoms with Crippen molar-refractivity contribution in [3.8, 4) is 17.1 Å². The van der Waals surface area contributed by atoms with Gasteiger partial charge in [-0.2, -0.15) is 0 Å². The lowest BCUT2D eigenvalue weighted by atomic mass is 9.77. The van der Waals surface area contributed by atoms with Crippen LogP contribution < -0.4 is 4.74 Å². The van der Waals surface area contributed by atoms with Crippen molar-refractivity contribution in [2.45, 2.75) is 64.2 Å². The van der Waals surface area contributed by atoms with Crippen molar-refractivity contribution in [1.82, 2.24) is 9.97 Å². The number of rotatable bonds is 7. The highest BCUT2D eigenvalue weighted by Crippen LogP contribution is 2.37. The monoisotopic (exact) mass is 338 g/mol. The molecule has 3 rings (SSSR count). The first-order valence-corrected chi connectivity index (χ1v) is 9.76. The second kappa shape index (κ2) is 8.98. The van der Waals surface area contributed by atoms with Crippen molar-refractivity contribution in [2.24, 2.45) is 5.92 Å². The molecule has 25 heavy (non-hydrogen) atoms. The topological polar surface area (TPSA) is 35.0 Å². The van der Waals surface area contributed by atoms with Crippen molar-refractivity contribution >= 4 is 0 Å². The summed E-state index contributed by atoms with van der Waals surface area (Å²) in [7, 11) is 1.68. The summed E-state index contributed by atoms with van der Waals surface area (Å²) in [5.74, 6) is 3.24. The van der Waals surface area contributed by atoms with Crippen molar-refractivity contribution in [1.29, 1.82) is 0 Å². The molecule has 3 heteroatoms. The molecule has 1 aromatic heterocycles. The normalized spacial score (nSPS) is 20.4. The Bertz CT molecular complexity index is 628. The average Bonchev–Trinajstić information content (AvgIpc) is 2.69. The largest absolute Gasteiger partial charge is 0.497 e. The van der Waals surface area contributed by atoms with Gasteiger partial charge in [0.15, 0.2) is 5.82 Å². The van der Waals surface area contributed by atoms with Gasteiger partial charge in [0.1, 0.15) is 5.75 Å². The molecule has 0 radical (unpaired) electrons. The summed E-state index contributed by atoms with van der Waals surface area (Å²) in [6.07, 6.45) is 14.9. The molecule has 1 aliphatic carbocycles. The summed E-state index contributed by atoms with van der Waals surface area (Å²) < 4.78 is 5.20. The van der Waals surface area contributed by atoms with Crippen molar-refractivity contribution in [2.75, 3.05) is 7.11 Å². The first kappa shape index (κ1) is 17.9. The van der Waals surface area contributed by atoms with E-state index in [1.807, 2.05) is 36.7 Å². The van der Waals surface area contributed by atoms with Crippen LogP contribution in [-0.2, 0) is 0 Å². The molecule has 1 saturated carbocycles. The van der Waals surface area contributed by atoms with Gasteiger partial charge in [0.05, 0.1) is 7.11 Å². The van der Waals surface area contributed by atoms with E-state index in [1.54, 1.807) is 7.11 Å². The molecule has 2 aromatic rings. The lowest BCUT2D eigenvalue weighted by molar-refractivity contribution is 0.302. The van der Waals surface area contributed by atoms with Crippen LogP contribution in [0.5, 0.6) is 5.75 Å². The van der Waals surface area contributed by atoms with Gasteiger partial charge in [-0.25, -0.2) is 9.97 Å². The molecule has 134 valence electrons. The standard InChI is InChI=1S/C22H30N2O/c1-3-4-5-6-17-7-9-18(10-8-17)20-15-23-22(24-16-20)19-11-13-21(25-2)14-12-19/h11-18H,3-10H2,1-2H3. The third kappa shape index (κ3) is 4.81. The molecule has 0 N–H and O–H groups in total. The molecule has 0 aliphatic heterocycles. The number of nitrogens with zero attached hydrogens (tertiary/aromatic N) is 2. The van der Waals surface area contributed by atoms with Crippen LogP contribution in [0.4, 0.5) is 0 Å². The molecule has 0 bridgehead atoms. The van der Waals surface area contributed by atoms with E-state index in [-0.39, 0.29) is 0 Å². The molecule has 1 fully saturated rings. The molecular weight excluding hydrogens is 308 g/mol. The Hall–Kier alpha value is -1.90. The van der Waals surface area contributed by atoms with Crippen molar-refractivity contribution in [3.05, 3.63) is 42.2 Å². The summed E-state index contributed by atoms with van der Waals surface area (Å²) in [6, 6.07) is 7.92. The number of hydrogen-bond acceptors (Lipinski definition) is 3. The summed E-state index contributed by atoms with van der Waals surface area (Å²) >= 11 is 0. The van der Waals surface area contributed by atoms with Crippen molar-refractivity contribution < 1.29 is 4.74 Å². The summed E-state index contributed by atoms with van der Waals surface area (Å²) in [6.45, 7) is 2.28. The minimum atomic E-state index is 0.646. The minimum absolute atomic E-state index is 0.646. The van der Waals surface area contributed by atoms with Gasteiger partial charge >= 0.3 is 0 Å². The van der Waals surface area contributed by atoms with E-state index in [4.69, 9.17) is 4.74 Å². The number of benzene rings is 1. The number of methoxy groups -OCH3 is 1. The smallest absolute Gasteiger partial charge is 0.159 e. The molecule has 0 unspecified atom stereocenters. The summed E-state index contributed by atoms with van der Waals surface area (Å²) in [5, 5.41) is 0. The Morgan fingerprint density at radius 1 is 0.960 bits per heavy atom. The minimum Gasteiger partial charge on any atom is -0.497 e. The molecule has 0 saturated heterocycles. The quantitative estimate of drug-likeness (QED) is 0.580. The van der Waals surface area contributed by atoms with Crippen LogP contribution in [0.25, 0.3) is 11.4 Å². The molecule has 0 spiro atoms. The third-order valence-electron chi connectivity index (χ3n) is 5.55. The molecule has 0 amide bonds. The van der Waals surface area contributed by atoms with E-state index in [9.17, 15) is 0 Å². The molecule has 1 heterocycles.